The molecule has 0 radical (unpaired) electrons. The molecule has 0 atom stereocenters. The Morgan fingerprint density at radius 2 is 2.05 bits per heavy atom. The van der Waals surface area contributed by atoms with Crippen LogP contribution in [0.5, 0.6) is 5.75 Å². The van der Waals surface area contributed by atoms with E-state index >= 15 is 0 Å². The van der Waals surface area contributed by atoms with Crippen molar-refractivity contribution in [1.29, 1.82) is 0 Å². The van der Waals surface area contributed by atoms with Crippen LogP contribution in [0.15, 0.2) is 47.0 Å². The van der Waals surface area contributed by atoms with E-state index in [2.05, 4.69) is 20.5 Å². The maximum absolute atomic E-state index is 5.51. The van der Waals surface area contributed by atoms with Gasteiger partial charge < -0.3 is 19.5 Å². The molecule has 3 aromatic rings. The Hall–Kier alpha value is -2.76. The summed E-state index contributed by atoms with van der Waals surface area (Å²) >= 11 is 0. The highest BCUT2D eigenvalue weighted by molar-refractivity contribution is 5.62. The quantitative estimate of drug-likeness (QED) is 0.750. The normalized spacial score (nSPS) is 10.4. The number of para-hydroxylation sites is 2. The summed E-state index contributed by atoms with van der Waals surface area (Å²) in [5, 5.41) is 10.9. The van der Waals surface area contributed by atoms with Gasteiger partial charge >= 0.3 is 6.01 Å². The number of methoxy groups -OCH3 is 1. The number of aromatic amines is 1. The number of H-pyrrole nitrogens is 1. The van der Waals surface area contributed by atoms with E-state index in [1.165, 1.54) is 0 Å². The minimum Gasteiger partial charge on any atom is -0.495 e. The predicted molar refractivity (Wildman–Crippen MR) is 70.4 cm³/mol. The number of anilines is 2. The Morgan fingerprint density at radius 3 is 2.84 bits per heavy atom. The molecule has 0 unspecified atom stereocenters. The van der Waals surface area contributed by atoms with Gasteiger partial charge in [-0.25, -0.2) is 0 Å². The summed E-state index contributed by atoms with van der Waals surface area (Å²) in [6, 6.07) is 11.6. The highest BCUT2D eigenvalue weighted by atomic mass is 16.5. The molecule has 1 aromatic carbocycles. The topological polar surface area (TPSA) is 76.0 Å². The Bertz CT molecular complexity index is 661. The smallest absolute Gasteiger partial charge is 0.320 e. The van der Waals surface area contributed by atoms with Crippen LogP contribution in [0.2, 0.25) is 0 Å². The van der Waals surface area contributed by atoms with Crippen molar-refractivity contribution >= 4 is 11.7 Å². The van der Waals surface area contributed by atoms with Crippen molar-refractivity contribution in [2.24, 2.45) is 0 Å². The molecule has 0 saturated heterocycles. The second kappa shape index (κ2) is 4.85. The first-order chi connectivity index (χ1) is 9.36. The fourth-order valence-electron chi connectivity index (χ4n) is 1.71. The van der Waals surface area contributed by atoms with Crippen LogP contribution in [-0.4, -0.2) is 22.3 Å². The molecule has 6 heteroatoms. The number of nitrogens with one attached hydrogen (secondary N) is 2. The highest BCUT2D eigenvalue weighted by Gasteiger charge is 2.10. The van der Waals surface area contributed by atoms with E-state index in [9.17, 15) is 0 Å². The van der Waals surface area contributed by atoms with Gasteiger partial charge in [-0.15, -0.1) is 5.10 Å². The van der Waals surface area contributed by atoms with Gasteiger partial charge in [0.2, 0.25) is 0 Å². The zero-order valence-electron chi connectivity index (χ0n) is 10.3. The van der Waals surface area contributed by atoms with E-state index in [-0.39, 0.29) is 0 Å². The summed E-state index contributed by atoms with van der Waals surface area (Å²) in [5.74, 6) is 1.14. The van der Waals surface area contributed by atoms with Crippen molar-refractivity contribution in [3.63, 3.8) is 0 Å². The van der Waals surface area contributed by atoms with Crippen molar-refractivity contribution in [2.45, 2.75) is 0 Å². The zero-order chi connectivity index (χ0) is 13.1. The lowest BCUT2D eigenvalue weighted by Gasteiger charge is -2.06. The molecule has 6 nitrogen and oxygen atoms in total. The standard InChI is InChI=1S/C13H12N4O2/c1-18-11-7-3-2-5-9(11)15-13-17-16-12(19-13)10-6-4-8-14-10/h2-8,14H,1H3,(H,15,17). The highest BCUT2D eigenvalue weighted by Crippen LogP contribution is 2.27. The first kappa shape index (κ1) is 11.3. The average molecular weight is 256 g/mol. The van der Waals surface area contributed by atoms with Gasteiger partial charge in [0, 0.05) is 6.20 Å². The van der Waals surface area contributed by atoms with Gasteiger partial charge in [-0.05, 0) is 24.3 Å². The maximum atomic E-state index is 5.51. The van der Waals surface area contributed by atoms with E-state index in [0.29, 0.717) is 17.7 Å². The van der Waals surface area contributed by atoms with E-state index in [1.54, 1.807) is 13.3 Å². The van der Waals surface area contributed by atoms with Crippen molar-refractivity contribution in [1.82, 2.24) is 15.2 Å². The molecular formula is C13H12N4O2. The second-order valence-electron chi connectivity index (χ2n) is 3.82. The molecule has 0 aliphatic heterocycles. The zero-order valence-corrected chi connectivity index (χ0v) is 10.3. The summed E-state index contributed by atoms with van der Waals surface area (Å²) in [6.07, 6.45) is 1.80. The fourth-order valence-corrected chi connectivity index (χ4v) is 1.71. The summed E-state index contributed by atoms with van der Waals surface area (Å²) in [7, 11) is 1.61. The van der Waals surface area contributed by atoms with Gasteiger partial charge in [0.1, 0.15) is 11.4 Å². The second-order valence-corrected chi connectivity index (χ2v) is 3.82. The lowest BCUT2D eigenvalue weighted by Crippen LogP contribution is -1.94. The number of nitrogens with zero attached hydrogens (tertiary/aromatic N) is 2. The first-order valence-electron chi connectivity index (χ1n) is 5.74. The van der Waals surface area contributed by atoms with E-state index in [4.69, 9.17) is 9.15 Å². The number of aromatic nitrogens is 3. The van der Waals surface area contributed by atoms with Crippen LogP contribution in [0.3, 0.4) is 0 Å². The fraction of sp³-hybridized carbons (Fsp3) is 0.0769. The Balaban J connectivity index is 1.84. The van der Waals surface area contributed by atoms with Crippen LogP contribution in [-0.2, 0) is 0 Å². The molecule has 0 fully saturated rings. The Kier molecular flexibility index (Phi) is 2.89. The molecule has 0 spiro atoms. The van der Waals surface area contributed by atoms with Gasteiger partial charge in [0.05, 0.1) is 12.8 Å². The van der Waals surface area contributed by atoms with Crippen LogP contribution in [0.1, 0.15) is 0 Å². The van der Waals surface area contributed by atoms with Crippen LogP contribution in [0.4, 0.5) is 11.7 Å². The van der Waals surface area contributed by atoms with Gasteiger partial charge in [-0.3, -0.25) is 0 Å². The van der Waals surface area contributed by atoms with Gasteiger partial charge in [0.15, 0.2) is 0 Å². The minimum absolute atomic E-state index is 0.314. The maximum Gasteiger partial charge on any atom is 0.320 e. The summed E-state index contributed by atoms with van der Waals surface area (Å²) < 4.78 is 10.7. The molecule has 0 aliphatic carbocycles. The number of hydrogen-bond donors (Lipinski definition) is 2. The third-order valence-electron chi connectivity index (χ3n) is 2.60. The van der Waals surface area contributed by atoms with E-state index in [1.807, 2.05) is 36.4 Å². The molecule has 96 valence electrons. The van der Waals surface area contributed by atoms with Crippen molar-refractivity contribution < 1.29 is 9.15 Å². The Morgan fingerprint density at radius 1 is 1.16 bits per heavy atom. The summed E-state index contributed by atoms with van der Waals surface area (Å²) in [5.41, 5.74) is 1.55. The van der Waals surface area contributed by atoms with Crippen LogP contribution < -0.4 is 10.1 Å². The van der Waals surface area contributed by atoms with Crippen molar-refractivity contribution in [3.8, 4) is 17.3 Å². The Labute approximate surface area is 109 Å². The van der Waals surface area contributed by atoms with Crippen LogP contribution >= 0.6 is 0 Å². The number of ether oxygens (including phenoxy) is 1. The van der Waals surface area contributed by atoms with Crippen molar-refractivity contribution in [2.75, 3.05) is 12.4 Å². The molecular weight excluding hydrogens is 244 g/mol. The van der Waals surface area contributed by atoms with Crippen LogP contribution in [0, 0.1) is 0 Å². The molecule has 2 heterocycles. The number of hydrogen-bond acceptors (Lipinski definition) is 5. The number of rotatable bonds is 4. The van der Waals surface area contributed by atoms with Crippen LogP contribution in [0.25, 0.3) is 11.6 Å². The van der Waals surface area contributed by atoms with E-state index in [0.717, 1.165) is 11.4 Å². The molecule has 3 rings (SSSR count). The average Bonchev–Trinajstić information content (AvgIpc) is 3.09. The molecule has 19 heavy (non-hydrogen) atoms. The SMILES string of the molecule is COc1ccccc1Nc1nnc(-c2ccc[nH]2)o1. The minimum atomic E-state index is 0.314. The lowest BCUT2D eigenvalue weighted by atomic mass is 10.3. The summed E-state index contributed by atoms with van der Waals surface area (Å²) in [6.45, 7) is 0. The molecule has 2 N–H and O–H groups in total. The third kappa shape index (κ3) is 2.28. The third-order valence-corrected chi connectivity index (χ3v) is 2.60. The molecule has 0 saturated carbocycles. The molecule has 0 aliphatic rings. The molecule has 2 aromatic heterocycles. The molecule has 0 bridgehead atoms. The monoisotopic (exact) mass is 256 g/mol. The van der Waals surface area contributed by atoms with Gasteiger partial charge in [-0.1, -0.05) is 17.2 Å². The van der Waals surface area contributed by atoms with Gasteiger partial charge in [-0.2, -0.15) is 0 Å². The summed E-state index contributed by atoms with van der Waals surface area (Å²) in [4.78, 5) is 3.00. The number of benzene rings is 1. The van der Waals surface area contributed by atoms with Crippen molar-refractivity contribution in [3.05, 3.63) is 42.6 Å². The lowest BCUT2D eigenvalue weighted by molar-refractivity contribution is 0.416. The largest absolute Gasteiger partial charge is 0.495 e. The molecule has 0 amide bonds. The van der Waals surface area contributed by atoms with Gasteiger partial charge in [0.25, 0.3) is 5.89 Å². The first-order valence-corrected chi connectivity index (χ1v) is 5.74. The predicted octanol–water partition coefficient (Wildman–Crippen LogP) is 2.82. The van der Waals surface area contributed by atoms with E-state index < -0.39 is 0 Å².